The molecule has 2 atom stereocenters. The van der Waals surface area contributed by atoms with Gasteiger partial charge in [0.15, 0.2) is 5.79 Å². The van der Waals surface area contributed by atoms with E-state index in [1.165, 1.54) is 6.42 Å². The van der Waals surface area contributed by atoms with Gasteiger partial charge in [-0.25, -0.2) is 0 Å². The predicted molar refractivity (Wildman–Crippen MR) is 66.8 cm³/mol. The fraction of sp³-hybridized carbons (Fsp3) is 1.00. The zero-order valence-electron chi connectivity index (χ0n) is 11.1. The topological polar surface area (TPSA) is 30.5 Å². The molecular formula is C13H26FNO2. The van der Waals surface area contributed by atoms with Gasteiger partial charge in [0.2, 0.25) is 0 Å². The van der Waals surface area contributed by atoms with Gasteiger partial charge in [-0.3, -0.25) is 4.39 Å². The lowest BCUT2D eigenvalue weighted by molar-refractivity contribution is -0.268. The van der Waals surface area contributed by atoms with E-state index in [0.717, 1.165) is 32.2 Å². The molecule has 102 valence electrons. The lowest BCUT2D eigenvalue weighted by Gasteiger charge is -2.42. The zero-order valence-corrected chi connectivity index (χ0v) is 11.1. The third-order valence-electron chi connectivity index (χ3n) is 3.68. The molecule has 1 saturated carbocycles. The van der Waals surface area contributed by atoms with Crippen molar-refractivity contribution < 1.29 is 13.9 Å². The number of likely N-dealkylation sites (N-methyl/N-ethyl adjacent to an activating group) is 1. The van der Waals surface area contributed by atoms with Gasteiger partial charge in [-0.1, -0.05) is 6.42 Å². The summed E-state index contributed by atoms with van der Waals surface area (Å²) in [6.07, 6.45) is 5.85. The smallest absolute Gasteiger partial charge is 0.170 e. The maximum Gasteiger partial charge on any atom is 0.170 e. The summed E-state index contributed by atoms with van der Waals surface area (Å²) in [5.74, 6) is -0.126. The van der Waals surface area contributed by atoms with Gasteiger partial charge >= 0.3 is 0 Å². The Hall–Kier alpha value is -0.190. The summed E-state index contributed by atoms with van der Waals surface area (Å²) < 4.78 is 23.9. The van der Waals surface area contributed by atoms with E-state index in [2.05, 4.69) is 5.32 Å². The second-order valence-electron chi connectivity index (χ2n) is 4.74. The van der Waals surface area contributed by atoms with Crippen LogP contribution in [0.2, 0.25) is 0 Å². The van der Waals surface area contributed by atoms with Gasteiger partial charge in [0.1, 0.15) is 0 Å². The van der Waals surface area contributed by atoms with Crippen molar-refractivity contribution in [3.63, 3.8) is 0 Å². The van der Waals surface area contributed by atoms with E-state index >= 15 is 0 Å². The van der Waals surface area contributed by atoms with Gasteiger partial charge < -0.3 is 14.8 Å². The van der Waals surface area contributed by atoms with Gasteiger partial charge in [-0.2, -0.15) is 0 Å². The summed E-state index contributed by atoms with van der Waals surface area (Å²) >= 11 is 0. The fourth-order valence-corrected chi connectivity index (χ4v) is 2.72. The quantitative estimate of drug-likeness (QED) is 0.528. The summed E-state index contributed by atoms with van der Waals surface area (Å²) in [4.78, 5) is 0. The SMILES string of the molecule is CNCCOC1(OC)CCCCC1CCCF. The Balaban J connectivity index is 2.54. The van der Waals surface area contributed by atoms with Crippen molar-refractivity contribution >= 4 is 0 Å². The first-order valence-electron chi connectivity index (χ1n) is 6.68. The Morgan fingerprint density at radius 3 is 2.88 bits per heavy atom. The molecule has 17 heavy (non-hydrogen) atoms. The molecule has 4 heteroatoms. The van der Waals surface area contributed by atoms with Crippen LogP contribution in [0, 0.1) is 5.92 Å². The second-order valence-corrected chi connectivity index (χ2v) is 4.74. The van der Waals surface area contributed by atoms with Crippen molar-refractivity contribution in [1.82, 2.24) is 5.32 Å². The minimum Gasteiger partial charge on any atom is -0.353 e. The summed E-state index contributed by atoms with van der Waals surface area (Å²) in [5.41, 5.74) is 0. The molecule has 0 aromatic rings. The first-order valence-corrected chi connectivity index (χ1v) is 6.68. The van der Waals surface area contributed by atoms with Crippen LogP contribution in [0.15, 0.2) is 0 Å². The Morgan fingerprint density at radius 1 is 1.41 bits per heavy atom. The Labute approximate surface area is 104 Å². The van der Waals surface area contributed by atoms with E-state index in [9.17, 15) is 4.39 Å². The van der Waals surface area contributed by atoms with Crippen molar-refractivity contribution in [2.45, 2.75) is 44.3 Å². The number of alkyl halides is 1. The number of rotatable bonds is 8. The predicted octanol–water partition coefficient (Wildman–Crippen LogP) is 2.50. The Bertz CT molecular complexity index is 204. The van der Waals surface area contributed by atoms with Crippen molar-refractivity contribution in [3.8, 4) is 0 Å². The maximum absolute atomic E-state index is 12.3. The first kappa shape index (κ1) is 14.9. The Kier molecular flexibility index (Phi) is 7.00. The number of methoxy groups -OCH3 is 1. The molecule has 2 unspecified atom stereocenters. The zero-order chi connectivity index (χ0) is 12.6. The van der Waals surface area contributed by atoms with E-state index in [1.54, 1.807) is 7.11 Å². The van der Waals surface area contributed by atoms with Crippen LogP contribution in [0.25, 0.3) is 0 Å². The molecule has 1 rings (SSSR count). The molecule has 0 heterocycles. The molecule has 0 aliphatic heterocycles. The molecule has 1 aliphatic carbocycles. The van der Waals surface area contributed by atoms with Crippen molar-refractivity contribution in [1.29, 1.82) is 0 Å². The fourth-order valence-electron chi connectivity index (χ4n) is 2.72. The largest absolute Gasteiger partial charge is 0.353 e. The monoisotopic (exact) mass is 247 g/mol. The molecule has 1 fully saturated rings. The second kappa shape index (κ2) is 8.01. The van der Waals surface area contributed by atoms with E-state index in [-0.39, 0.29) is 6.67 Å². The molecule has 0 radical (unpaired) electrons. The Morgan fingerprint density at radius 2 is 2.24 bits per heavy atom. The minimum atomic E-state index is -0.468. The molecule has 0 aromatic heterocycles. The molecular weight excluding hydrogens is 221 g/mol. The molecule has 0 amide bonds. The number of hydrogen-bond donors (Lipinski definition) is 1. The van der Waals surface area contributed by atoms with Crippen LogP contribution >= 0.6 is 0 Å². The summed E-state index contributed by atoms with van der Waals surface area (Å²) in [7, 11) is 3.62. The normalized spacial score (nSPS) is 29.5. The average Bonchev–Trinajstić information content (AvgIpc) is 2.38. The number of ether oxygens (including phenoxy) is 2. The first-order chi connectivity index (χ1) is 8.29. The molecule has 1 N–H and O–H groups in total. The van der Waals surface area contributed by atoms with Crippen LogP contribution in [0.5, 0.6) is 0 Å². The van der Waals surface area contributed by atoms with Crippen LogP contribution < -0.4 is 5.32 Å². The van der Waals surface area contributed by atoms with E-state index < -0.39 is 5.79 Å². The van der Waals surface area contributed by atoms with E-state index in [4.69, 9.17) is 9.47 Å². The van der Waals surface area contributed by atoms with Gasteiger partial charge in [0.05, 0.1) is 13.3 Å². The van der Waals surface area contributed by atoms with Crippen LogP contribution in [0.4, 0.5) is 4.39 Å². The van der Waals surface area contributed by atoms with Crippen LogP contribution in [0.3, 0.4) is 0 Å². The number of nitrogens with one attached hydrogen (secondary N) is 1. The number of hydrogen-bond acceptors (Lipinski definition) is 3. The average molecular weight is 247 g/mol. The summed E-state index contributed by atoms with van der Waals surface area (Å²) in [5, 5.41) is 3.07. The molecule has 0 spiro atoms. The standard InChI is InChI=1S/C13H26FNO2/c1-15-10-11-17-13(16-2)8-4-3-6-12(13)7-5-9-14/h12,15H,3-11H2,1-2H3. The highest BCUT2D eigenvalue weighted by atomic mass is 19.1. The highest BCUT2D eigenvalue weighted by molar-refractivity contribution is 4.84. The molecule has 1 aliphatic rings. The summed E-state index contributed by atoms with van der Waals surface area (Å²) in [6.45, 7) is 1.23. The third kappa shape index (κ3) is 4.19. The molecule has 0 aromatic carbocycles. The maximum atomic E-state index is 12.3. The minimum absolute atomic E-state index is 0.243. The lowest BCUT2D eigenvalue weighted by atomic mass is 9.80. The van der Waals surface area contributed by atoms with Crippen molar-refractivity contribution in [2.75, 3.05) is 34.0 Å². The van der Waals surface area contributed by atoms with Gasteiger partial charge in [0, 0.05) is 26.0 Å². The molecule has 3 nitrogen and oxygen atoms in total. The highest BCUT2D eigenvalue weighted by Gasteiger charge is 2.41. The third-order valence-corrected chi connectivity index (χ3v) is 3.68. The van der Waals surface area contributed by atoms with Crippen LogP contribution in [0.1, 0.15) is 38.5 Å². The lowest BCUT2D eigenvalue weighted by Crippen LogP contribution is -2.46. The van der Waals surface area contributed by atoms with Gasteiger partial charge in [-0.05, 0) is 32.7 Å². The van der Waals surface area contributed by atoms with Crippen LogP contribution in [-0.4, -0.2) is 39.8 Å². The van der Waals surface area contributed by atoms with E-state index in [0.29, 0.717) is 18.9 Å². The van der Waals surface area contributed by atoms with Gasteiger partial charge in [-0.15, -0.1) is 0 Å². The highest BCUT2D eigenvalue weighted by Crippen LogP contribution is 2.40. The van der Waals surface area contributed by atoms with Crippen LogP contribution in [-0.2, 0) is 9.47 Å². The van der Waals surface area contributed by atoms with Crippen molar-refractivity contribution in [3.05, 3.63) is 0 Å². The number of halogens is 1. The molecule has 0 bridgehead atoms. The van der Waals surface area contributed by atoms with E-state index in [1.807, 2.05) is 7.05 Å². The van der Waals surface area contributed by atoms with Crippen molar-refractivity contribution in [2.24, 2.45) is 5.92 Å². The summed E-state index contributed by atoms with van der Waals surface area (Å²) in [6, 6.07) is 0. The molecule has 0 saturated heterocycles. The van der Waals surface area contributed by atoms with Gasteiger partial charge in [0.25, 0.3) is 0 Å².